The van der Waals surface area contributed by atoms with E-state index in [9.17, 15) is 4.79 Å². The van der Waals surface area contributed by atoms with Crippen LogP contribution in [-0.4, -0.2) is 39.8 Å². The van der Waals surface area contributed by atoms with E-state index in [4.69, 9.17) is 11.6 Å². The van der Waals surface area contributed by atoms with E-state index in [1.54, 1.807) is 0 Å². The zero-order valence-electron chi connectivity index (χ0n) is 13.4. The molecule has 0 bridgehead atoms. The van der Waals surface area contributed by atoms with Gasteiger partial charge in [-0.2, -0.15) is 0 Å². The highest BCUT2D eigenvalue weighted by Crippen LogP contribution is 2.29. The summed E-state index contributed by atoms with van der Waals surface area (Å²) in [5, 5.41) is 12.9. The Balaban J connectivity index is 1.53. The van der Waals surface area contributed by atoms with Crippen molar-refractivity contribution in [2.45, 2.75) is 30.5 Å². The van der Waals surface area contributed by atoms with Gasteiger partial charge in [-0.15, -0.1) is 10.2 Å². The number of carbonyl (C=O) groups is 1. The Bertz CT molecular complexity index is 716. The van der Waals surface area contributed by atoms with Gasteiger partial charge in [0.15, 0.2) is 4.34 Å². The Morgan fingerprint density at radius 2 is 2.12 bits per heavy atom. The van der Waals surface area contributed by atoms with Gasteiger partial charge in [-0.1, -0.05) is 40.8 Å². The minimum atomic E-state index is 0.190. The van der Waals surface area contributed by atoms with Crippen LogP contribution in [-0.2, 0) is 4.79 Å². The van der Waals surface area contributed by atoms with Crippen molar-refractivity contribution < 1.29 is 4.79 Å². The number of amides is 1. The first-order valence-corrected chi connectivity index (χ1v) is 10.1. The Morgan fingerprint density at radius 3 is 2.88 bits per heavy atom. The molecule has 1 saturated heterocycles. The maximum atomic E-state index is 12.2. The van der Waals surface area contributed by atoms with Crippen LogP contribution in [0.1, 0.15) is 24.8 Å². The van der Waals surface area contributed by atoms with Crippen molar-refractivity contribution in [3.63, 3.8) is 0 Å². The topological polar surface area (TPSA) is 58.1 Å². The maximum absolute atomic E-state index is 12.2. The lowest BCUT2D eigenvalue weighted by Gasteiger charge is -2.26. The van der Waals surface area contributed by atoms with Gasteiger partial charge in [-0.05, 0) is 43.9 Å². The molecule has 1 aliphatic rings. The molecule has 0 radical (unpaired) electrons. The molecule has 3 rings (SSSR count). The van der Waals surface area contributed by atoms with Crippen LogP contribution in [0.2, 0.25) is 5.02 Å². The van der Waals surface area contributed by atoms with E-state index in [1.807, 2.05) is 30.0 Å². The summed E-state index contributed by atoms with van der Waals surface area (Å²) in [5.74, 6) is 0.611. The van der Waals surface area contributed by atoms with Gasteiger partial charge in [-0.3, -0.25) is 4.79 Å². The minimum Gasteiger partial charge on any atom is -0.342 e. The van der Waals surface area contributed by atoms with Crippen molar-refractivity contribution in [1.29, 1.82) is 0 Å². The summed E-state index contributed by atoms with van der Waals surface area (Å²) in [6, 6.07) is 5.78. The van der Waals surface area contributed by atoms with Crippen LogP contribution in [0.25, 0.3) is 0 Å². The molecule has 0 atom stereocenters. The number of nitrogens with one attached hydrogen (secondary N) is 1. The molecule has 1 aromatic carbocycles. The number of aryl methyl sites for hydroxylation is 1. The third-order valence-electron chi connectivity index (χ3n) is 3.86. The summed E-state index contributed by atoms with van der Waals surface area (Å²) in [7, 11) is 0. The number of hydrogen-bond acceptors (Lipinski definition) is 6. The number of thioether (sulfide) groups is 1. The normalized spacial score (nSPS) is 14.7. The lowest BCUT2D eigenvalue weighted by molar-refractivity contribution is -0.129. The lowest BCUT2D eigenvalue weighted by Crippen LogP contribution is -2.36. The van der Waals surface area contributed by atoms with Gasteiger partial charge in [0.05, 0.1) is 5.75 Å². The number of halogens is 1. The van der Waals surface area contributed by atoms with Gasteiger partial charge in [0.25, 0.3) is 0 Å². The highest BCUT2D eigenvalue weighted by molar-refractivity contribution is 8.01. The fourth-order valence-corrected chi connectivity index (χ4v) is 4.33. The summed E-state index contributed by atoms with van der Waals surface area (Å²) in [5.41, 5.74) is 1.91. The second-order valence-corrected chi connectivity index (χ2v) is 8.30. The van der Waals surface area contributed by atoms with Crippen LogP contribution in [0.15, 0.2) is 22.5 Å². The molecule has 1 aliphatic heterocycles. The van der Waals surface area contributed by atoms with E-state index in [0.717, 1.165) is 41.5 Å². The Labute approximate surface area is 154 Å². The molecule has 1 aromatic heterocycles. The first-order chi connectivity index (χ1) is 11.6. The third kappa shape index (κ3) is 4.62. The van der Waals surface area contributed by atoms with E-state index in [-0.39, 0.29) is 5.91 Å². The fourth-order valence-electron chi connectivity index (χ4n) is 2.47. The van der Waals surface area contributed by atoms with Crippen LogP contribution in [0.5, 0.6) is 0 Å². The fraction of sp³-hybridized carbons (Fsp3) is 0.438. The zero-order chi connectivity index (χ0) is 16.9. The molecule has 0 aliphatic carbocycles. The van der Waals surface area contributed by atoms with Gasteiger partial charge < -0.3 is 10.2 Å². The number of aromatic nitrogens is 2. The van der Waals surface area contributed by atoms with Crippen LogP contribution < -0.4 is 5.32 Å². The summed E-state index contributed by atoms with van der Waals surface area (Å²) < 4.78 is 0.793. The van der Waals surface area contributed by atoms with Crippen LogP contribution in [0, 0.1) is 6.92 Å². The van der Waals surface area contributed by atoms with Gasteiger partial charge in [0.2, 0.25) is 11.0 Å². The Hall–Kier alpha value is -1.31. The summed E-state index contributed by atoms with van der Waals surface area (Å²) in [6.45, 7) is 3.73. The number of benzene rings is 1. The van der Waals surface area contributed by atoms with Crippen molar-refractivity contribution >= 4 is 51.4 Å². The number of piperidine rings is 1. The van der Waals surface area contributed by atoms with E-state index in [2.05, 4.69) is 15.5 Å². The minimum absolute atomic E-state index is 0.190. The largest absolute Gasteiger partial charge is 0.342 e. The van der Waals surface area contributed by atoms with Crippen LogP contribution in [0.4, 0.5) is 10.8 Å². The number of carbonyl (C=O) groups excluding carboxylic acids is 1. The predicted octanol–water partition coefficient (Wildman–Crippen LogP) is 4.35. The van der Waals surface area contributed by atoms with Crippen molar-refractivity contribution in [3.8, 4) is 0 Å². The number of rotatable bonds is 5. The molecular formula is C16H19ClN4OS2. The quantitative estimate of drug-likeness (QED) is 0.779. The van der Waals surface area contributed by atoms with Crippen molar-refractivity contribution in [2.24, 2.45) is 0 Å². The van der Waals surface area contributed by atoms with Crippen molar-refractivity contribution in [3.05, 3.63) is 28.8 Å². The van der Waals surface area contributed by atoms with Gasteiger partial charge in [0.1, 0.15) is 0 Å². The molecule has 1 amide bonds. The predicted molar refractivity (Wildman–Crippen MR) is 101 cm³/mol. The molecule has 24 heavy (non-hydrogen) atoms. The first kappa shape index (κ1) is 17.5. The number of likely N-dealkylation sites (tertiary alicyclic amines) is 1. The molecule has 0 unspecified atom stereocenters. The van der Waals surface area contributed by atoms with E-state index in [1.165, 1.54) is 29.5 Å². The molecule has 128 valence electrons. The van der Waals surface area contributed by atoms with Gasteiger partial charge in [-0.25, -0.2) is 0 Å². The molecule has 2 aromatic rings. The lowest BCUT2D eigenvalue weighted by atomic mass is 10.1. The molecular weight excluding hydrogens is 364 g/mol. The smallest absolute Gasteiger partial charge is 0.233 e. The maximum Gasteiger partial charge on any atom is 0.233 e. The van der Waals surface area contributed by atoms with Crippen LogP contribution >= 0.6 is 34.7 Å². The number of hydrogen-bond donors (Lipinski definition) is 1. The zero-order valence-corrected chi connectivity index (χ0v) is 15.8. The van der Waals surface area contributed by atoms with Crippen molar-refractivity contribution in [1.82, 2.24) is 15.1 Å². The molecule has 0 spiro atoms. The first-order valence-electron chi connectivity index (χ1n) is 7.89. The monoisotopic (exact) mass is 382 g/mol. The second kappa shape index (κ2) is 8.18. The summed E-state index contributed by atoms with van der Waals surface area (Å²) in [6.07, 6.45) is 3.45. The summed E-state index contributed by atoms with van der Waals surface area (Å²) >= 11 is 9.01. The molecule has 2 heterocycles. The second-order valence-electron chi connectivity index (χ2n) is 5.69. The van der Waals surface area contributed by atoms with E-state index < -0.39 is 0 Å². The molecule has 1 fully saturated rings. The standard InChI is InChI=1S/C16H19ClN4OS2/c1-11-5-6-12(9-13(11)17)18-15-19-20-16(24-15)23-10-14(22)21-7-3-2-4-8-21/h5-6,9H,2-4,7-8,10H2,1H3,(H,18,19). The summed E-state index contributed by atoms with van der Waals surface area (Å²) in [4.78, 5) is 14.1. The highest BCUT2D eigenvalue weighted by atomic mass is 35.5. The molecule has 8 heteroatoms. The SMILES string of the molecule is Cc1ccc(Nc2nnc(SCC(=O)N3CCCCC3)s2)cc1Cl. The number of nitrogens with zero attached hydrogens (tertiary/aromatic N) is 3. The Morgan fingerprint density at radius 1 is 1.33 bits per heavy atom. The van der Waals surface area contributed by atoms with Gasteiger partial charge in [0, 0.05) is 23.8 Å². The Kier molecular flexibility index (Phi) is 5.97. The van der Waals surface area contributed by atoms with E-state index in [0.29, 0.717) is 15.9 Å². The van der Waals surface area contributed by atoms with Crippen LogP contribution in [0.3, 0.4) is 0 Å². The average molecular weight is 383 g/mol. The molecule has 5 nitrogen and oxygen atoms in total. The highest BCUT2D eigenvalue weighted by Gasteiger charge is 2.17. The van der Waals surface area contributed by atoms with Crippen molar-refractivity contribution in [2.75, 3.05) is 24.2 Å². The molecule has 0 saturated carbocycles. The van der Waals surface area contributed by atoms with Gasteiger partial charge >= 0.3 is 0 Å². The molecule has 1 N–H and O–H groups in total. The average Bonchev–Trinajstić information content (AvgIpc) is 3.04. The third-order valence-corrected chi connectivity index (χ3v) is 6.22. The number of anilines is 2. The van der Waals surface area contributed by atoms with E-state index >= 15 is 0 Å².